The van der Waals surface area contributed by atoms with Crippen LogP contribution in [0, 0.1) is 11.3 Å². The molecule has 1 unspecified atom stereocenters. The first kappa shape index (κ1) is 22.7. The minimum atomic E-state index is -0.856. The van der Waals surface area contributed by atoms with E-state index < -0.39 is 11.9 Å². The summed E-state index contributed by atoms with van der Waals surface area (Å²) in [5.74, 6) is -0.218. The van der Waals surface area contributed by atoms with Crippen LogP contribution in [-0.4, -0.2) is 59.1 Å². The molecule has 0 spiro atoms. The molecule has 3 atom stereocenters. The van der Waals surface area contributed by atoms with Crippen LogP contribution in [0.2, 0.25) is 0 Å². The number of nitrogens with two attached hydrogens (primary N) is 1. The van der Waals surface area contributed by atoms with Gasteiger partial charge in [-0.1, -0.05) is 18.2 Å². The number of hydrogen-bond donors (Lipinski definition) is 4. The molecule has 1 aromatic heterocycles. The number of fused-ring (bicyclic) bond motifs is 1. The molecule has 172 valence electrons. The number of benzene rings is 1. The molecule has 1 saturated carbocycles. The number of piperidine rings is 1. The summed E-state index contributed by atoms with van der Waals surface area (Å²) in [6.45, 7) is -0.0843. The highest BCUT2D eigenvalue weighted by atomic mass is 79.9. The number of amides is 3. The van der Waals surface area contributed by atoms with E-state index in [1.165, 1.54) is 7.11 Å². The Morgan fingerprint density at radius 1 is 1.27 bits per heavy atom. The third-order valence-electron chi connectivity index (χ3n) is 5.82. The van der Waals surface area contributed by atoms with Crippen molar-refractivity contribution in [1.82, 2.24) is 9.88 Å². The number of aromatic nitrogens is 1. The first-order valence-corrected chi connectivity index (χ1v) is 11.1. The van der Waals surface area contributed by atoms with Gasteiger partial charge in [0, 0.05) is 29.4 Å². The van der Waals surface area contributed by atoms with E-state index in [2.05, 4.69) is 31.5 Å². The Kier molecular flexibility index (Phi) is 6.32. The molecule has 1 aliphatic carbocycles. The quantitative estimate of drug-likeness (QED) is 0.311. The summed E-state index contributed by atoms with van der Waals surface area (Å²) in [4.78, 5) is 43.4. The van der Waals surface area contributed by atoms with Crippen molar-refractivity contribution in [3.63, 3.8) is 0 Å². The van der Waals surface area contributed by atoms with Gasteiger partial charge >= 0.3 is 0 Å². The number of methoxy groups -OCH3 is 1. The van der Waals surface area contributed by atoms with E-state index in [9.17, 15) is 14.4 Å². The lowest BCUT2D eigenvalue weighted by molar-refractivity contribution is -0.136. The maximum Gasteiger partial charge on any atom is 0.267 e. The predicted molar refractivity (Wildman–Crippen MR) is 125 cm³/mol. The SMILES string of the molecule is COc1cc(Br)nc(NC(=O)[C@@H]2CC3C[C@H]3N2C(=O)CNc2ccccc2C(=N)C(N)=O)c1. The highest BCUT2D eigenvalue weighted by Crippen LogP contribution is 2.48. The summed E-state index contributed by atoms with van der Waals surface area (Å²) in [5.41, 5.74) is 5.65. The number of rotatable bonds is 8. The molecule has 2 aliphatic rings. The third kappa shape index (κ3) is 4.82. The molecule has 2 aromatic rings. The van der Waals surface area contributed by atoms with Gasteiger partial charge in [0.05, 0.1) is 13.7 Å². The minimum absolute atomic E-state index is 0.0409. The normalized spacial score (nSPS) is 20.5. The van der Waals surface area contributed by atoms with E-state index in [0.29, 0.717) is 39.8 Å². The summed E-state index contributed by atoms with van der Waals surface area (Å²) in [6.07, 6.45) is 1.47. The van der Waals surface area contributed by atoms with E-state index in [4.69, 9.17) is 15.9 Å². The molecule has 5 N–H and O–H groups in total. The van der Waals surface area contributed by atoms with Crippen LogP contribution in [0.1, 0.15) is 18.4 Å². The van der Waals surface area contributed by atoms with Crippen molar-refractivity contribution in [2.24, 2.45) is 11.7 Å². The fourth-order valence-corrected chi connectivity index (χ4v) is 4.58. The smallest absolute Gasteiger partial charge is 0.267 e. The Hall–Kier alpha value is -3.47. The van der Waals surface area contributed by atoms with Crippen LogP contribution in [0.4, 0.5) is 11.5 Å². The number of nitrogens with zero attached hydrogens (tertiary/aromatic N) is 2. The molecule has 10 nitrogen and oxygen atoms in total. The molecule has 11 heteroatoms. The van der Waals surface area contributed by atoms with Gasteiger partial charge in [-0.25, -0.2) is 4.98 Å². The van der Waals surface area contributed by atoms with Crippen LogP contribution in [0.15, 0.2) is 41.0 Å². The lowest BCUT2D eigenvalue weighted by atomic mass is 10.1. The summed E-state index contributed by atoms with van der Waals surface area (Å²) >= 11 is 3.29. The topological polar surface area (TPSA) is 150 Å². The first-order chi connectivity index (χ1) is 15.8. The molecule has 1 aliphatic heterocycles. The van der Waals surface area contributed by atoms with Gasteiger partial charge in [0.25, 0.3) is 5.91 Å². The fourth-order valence-electron chi connectivity index (χ4n) is 4.16. The van der Waals surface area contributed by atoms with Crippen LogP contribution < -0.4 is 21.1 Å². The summed E-state index contributed by atoms with van der Waals surface area (Å²) < 4.78 is 5.72. The highest BCUT2D eigenvalue weighted by molar-refractivity contribution is 9.10. The standard InChI is InChI=1S/C22H23BrN6O4/c1-33-12-8-17(23)27-18(9-12)28-22(32)16-7-11-6-15(11)29(16)19(30)10-26-14-5-3-2-4-13(14)20(24)21(25)31/h2-5,8-9,11,15-16,24,26H,6-7,10H2,1H3,(H2,25,31)(H,27,28,32)/t11?,15-,16+/m1/s1. The van der Waals surface area contributed by atoms with Crippen LogP contribution >= 0.6 is 15.9 Å². The Balaban J connectivity index is 1.45. The van der Waals surface area contributed by atoms with Gasteiger partial charge in [-0.3, -0.25) is 19.8 Å². The number of likely N-dealkylation sites (tertiary alicyclic amines) is 1. The maximum atomic E-state index is 13.1. The molecule has 33 heavy (non-hydrogen) atoms. The number of para-hydroxylation sites is 1. The molecule has 4 rings (SSSR count). The van der Waals surface area contributed by atoms with Gasteiger partial charge in [0.15, 0.2) is 0 Å². The number of carbonyl (C=O) groups excluding carboxylic acids is 3. The largest absolute Gasteiger partial charge is 0.497 e. The molecule has 0 radical (unpaired) electrons. The Morgan fingerprint density at radius 2 is 2.03 bits per heavy atom. The summed E-state index contributed by atoms with van der Waals surface area (Å²) in [5, 5.41) is 13.6. The zero-order chi connectivity index (χ0) is 23.7. The monoisotopic (exact) mass is 514 g/mol. The Labute approximate surface area is 198 Å². The molecule has 2 fully saturated rings. The van der Waals surface area contributed by atoms with Gasteiger partial charge in [0.1, 0.15) is 27.9 Å². The zero-order valence-electron chi connectivity index (χ0n) is 17.8. The van der Waals surface area contributed by atoms with Gasteiger partial charge in [0.2, 0.25) is 11.8 Å². The van der Waals surface area contributed by atoms with Gasteiger partial charge < -0.3 is 26.0 Å². The fraction of sp³-hybridized carbons (Fsp3) is 0.318. The zero-order valence-corrected chi connectivity index (χ0v) is 19.4. The minimum Gasteiger partial charge on any atom is -0.497 e. The van der Waals surface area contributed by atoms with Crippen molar-refractivity contribution in [1.29, 1.82) is 5.41 Å². The van der Waals surface area contributed by atoms with Crippen molar-refractivity contribution < 1.29 is 19.1 Å². The third-order valence-corrected chi connectivity index (χ3v) is 6.23. The van der Waals surface area contributed by atoms with Gasteiger partial charge in [-0.15, -0.1) is 0 Å². The van der Waals surface area contributed by atoms with Crippen molar-refractivity contribution in [2.45, 2.75) is 24.9 Å². The van der Waals surface area contributed by atoms with Crippen LogP contribution in [0.5, 0.6) is 5.75 Å². The second-order valence-electron chi connectivity index (χ2n) is 7.96. The van der Waals surface area contributed by atoms with Gasteiger partial charge in [-0.2, -0.15) is 0 Å². The molecule has 3 amide bonds. The number of primary amides is 1. The number of pyridine rings is 1. The van der Waals surface area contributed by atoms with Crippen molar-refractivity contribution in [3.8, 4) is 5.75 Å². The second-order valence-corrected chi connectivity index (χ2v) is 8.77. The highest BCUT2D eigenvalue weighted by Gasteiger charge is 2.55. The molecule has 2 heterocycles. The van der Waals surface area contributed by atoms with Crippen LogP contribution in [0.3, 0.4) is 0 Å². The number of hydrogen-bond acceptors (Lipinski definition) is 7. The van der Waals surface area contributed by atoms with E-state index >= 15 is 0 Å². The molecule has 0 bridgehead atoms. The van der Waals surface area contributed by atoms with Crippen LogP contribution in [0.25, 0.3) is 0 Å². The lowest BCUT2D eigenvalue weighted by Crippen LogP contribution is -2.47. The number of halogens is 1. The summed E-state index contributed by atoms with van der Waals surface area (Å²) in [6, 6.07) is 9.39. The Morgan fingerprint density at radius 3 is 2.76 bits per heavy atom. The second kappa shape index (κ2) is 9.18. The molecular weight excluding hydrogens is 492 g/mol. The summed E-state index contributed by atoms with van der Waals surface area (Å²) in [7, 11) is 1.52. The van der Waals surface area contributed by atoms with E-state index in [1.54, 1.807) is 41.3 Å². The van der Waals surface area contributed by atoms with E-state index in [-0.39, 0.29) is 30.1 Å². The average molecular weight is 515 g/mol. The number of nitrogens with one attached hydrogen (secondary N) is 3. The van der Waals surface area contributed by atoms with E-state index in [1.807, 2.05) is 0 Å². The number of anilines is 2. The number of ether oxygens (including phenoxy) is 1. The first-order valence-electron chi connectivity index (χ1n) is 10.3. The maximum absolute atomic E-state index is 13.1. The Bertz CT molecular complexity index is 1140. The van der Waals surface area contributed by atoms with Crippen LogP contribution in [-0.2, 0) is 14.4 Å². The lowest BCUT2D eigenvalue weighted by Gasteiger charge is -2.27. The number of carbonyl (C=O) groups is 3. The average Bonchev–Trinajstić information content (AvgIpc) is 3.45. The predicted octanol–water partition coefficient (Wildman–Crippen LogP) is 1.75. The van der Waals surface area contributed by atoms with Crippen molar-refractivity contribution in [3.05, 3.63) is 46.6 Å². The van der Waals surface area contributed by atoms with Crippen molar-refractivity contribution in [2.75, 3.05) is 24.3 Å². The van der Waals surface area contributed by atoms with Gasteiger partial charge in [-0.05, 0) is 40.8 Å². The van der Waals surface area contributed by atoms with Crippen molar-refractivity contribution >= 4 is 50.9 Å². The molecule has 1 saturated heterocycles. The van der Waals surface area contributed by atoms with E-state index in [0.717, 1.165) is 6.42 Å². The molecular formula is C22H23BrN6O4. The molecule has 1 aromatic carbocycles.